The molecule has 20 heavy (non-hydrogen) atoms. The number of hydrogen-bond donors (Lipinski definition) is 1. The monoisotopic (exact) mass is 298 g/mol. The first-order valence-corrected chi connectivity index (χ1v) is 7.61. The Labute approximate surface area is 116 Å². The van der Waals surface area contributed by atoms with Crippen LogP contribution < -0.4 is 5.14 Å². The predicted octanol–water partition coefficient (Wildman–Crippen LogP) is 1.45. The van der Waals surface area contributed by atoms with Crippen LogP contribution in [-0.4, -0.2) is 23.2 Å². The molecular formula is C12H15FN4O2S. The van der Waals surface area contributed by atoms with Gasteiger partial charge in [0.1, 0.15) is 5.82 Å². The number of nitrogens with two attached hydrogens (primary N) is 1. The molecular weight excluding hydrogens is 283 g/mol. The SMILES string of the molecule is CCCn1c(-c2ccc(C)c(F)c2)nnc1S(N)(=O)=O. The van der Waals surface area contributed by atoms with E-state index in [0.29, 0.717) is 24.1 Å². The molecule has 0 aliphatic rings. The Bertz CT molecular complexity index is 740. The lowest BCUT2D eigenvalue weighted by atomic mass is 10.1. The molecule has 1 aromatic carbocycles. The fourth-order valence-corrected chi connectivity index (χ4v) is 2.51. The third-order valence-corrected chi connectivity index (χ3v) is 3.66. The highest BCUT2D eigenvalue weighted by atomic mass is 32.2. The van der Waals surface area contributed by atoms with Gasteiger partial charge in [-0.1, -0.05) is 19.1 Å². The van der Waals surface area contributed by atoms with Crippen LogP contribution in [0.1, 0.15) is 18.9 Å². The van der Waals surface area contributed by atoms with Crippen molar-refractivity contribution < 1.29 is 12.8 Å². The maximum atomic E-state index is 13.6. The zero-order valence-corrected chi connectivity index (χ0v) is 12.0. The summed E-state index contributed by atoms with van der Waals surface area (Å²) in [5.41, 5.74) is 0.964. The molecule has 0 aliphatic heterocycles. The summed E-state index contributed by atoms with van der Waals surface area (Å²) in [4.78, 5) is 0. The minimum atomic E-state index is -3.97. The third-order valence-electron chi connectivity index (χ3n) is 2.85. The van der Waals surface area contributed by atoms with Crippen LogP contribution in [0.5, 0.6) is 0 Å². The molecule has 8 heteroatoms. The van der Waals surface area contributed by atoms with Crippen LogP contribution >= 0.6 is 0 Å². The Kier molecular flexibility index (Phi) is 3.87. The van der Waals surface area contributed by atoms with Gasteiger partial charge >= 0.3 is 0 Å². The lowest BCUT2D eigenvalue weighted by molar-refractivity contribution is 0.559. The topological polar surface area (TPSA) is 90.9 Å². The molecule has 6 nitrogen and oxygen atoms in total. The van der Waals surface area contributed by atoms with Crippen molar-refractivity contribution in [3.63, 3.8) is 0 Å². The molecule has 0 fully saturated rings. The number of hydrogen-bond acceptors (Lipinski definition) is 4. The average molecular weight is 298 g/mol. The Morgan fingerprint density at radius 1 is 1.35 bits per heavy atom. The molecule has 0 spiro atoms. The van der Waals surface area contributed by atoms with Crippen LogP contribution in [0.25, 0.3) is 11.4 Å². The summed E-state index contributed by atoms with van der Waals surface area (Å²) in [5.74, 6) is -0.0968. The van der Waals surface area contributed by atoms with E-state index in [9.17, 15) is 12.8 Å². The maximum Gasteiger partial charge on any atom is 0.273 e. The predicted molar refractivity (Wildman–Crippen MR) is 71.8 cm³/mol. The van der Waals surface area contributed by atoms with Crippen LogP contribution in [0.3, 0.4) is 0 Å². The van der Waals surface area contributed by atoms with E-state index in [1.165, 1.54) is 10.6 Å². The van der Waals surface area contributed by atoms with Crippen molar-refractivity contribution in [1.82, 2.24) is 14.8 Å². The Balaban J connectivity index is 2.62. The number of primary sulfonamides is 1. The highest BCUT2D eigenvalue weighted by Crippen LogP contribution is 2.22. The molecule has 1 heterocycles. The van der Waals surface area contributed by atoms with E-state index in [4.69, 9.17) is 5.14 Å². The largest absolute Gasteiger partial charge is 0.297 e. The van der Waals surface area contributed by atoms with Gasteiger partial charge in [-0.05, 0) is 25.0 Å². The van der Waals surface area contributed by atoms with Crippen LogP contribution in [0.2, 0.25) is 0 Å². The highest BCUT2D eigenvalue weighted by Gasteiger charge is 2.21. The molecule has 2 aromatic rings. The summed E-state index contributed by atoms with van der Waals surface area (Å²) >= 11 is 0. The molecule has 0 aliphatic carbocycles. The first-order chi connectivity index (χ1) is 9.34. The van der Waals surface area contributed by atoms with Crippen molar-refractivity contribution in [3.8, 4) is 11.4 Å². The number of aryl methyl sites for hydroxylation is 1. The van der Waals surface area contributed by atoms with Crippen LogP contribution in [-0.2, 0) is 16.6 Å². The lowest BCUT2D eigenvalue weighted by Crippen LogP contribution is -2.19. The lowest BCUT2D eigenvalue weighted by Gasteiger charge is -2.08. The van der Waals surface area contributed by atoms with Gasteiger partial charge in [0, 0.05) is 12.1 Å². The van der Waals surface area contributed by atoms with E-state index in [1.54, 1.807) is 19.1 Å². The number of benzene rings is 1. The van der Waals surface area contributed by atoms with Gasteiger partial charge in [0.2, 0.25) is 0 Å². The van der Waals surface area contributed by atoms with Gasteiger partial charge in [-0.25, -0.2) is 17.9 Å². The van der Waals surface area contributed by atoms with E-state index >= 15 is 0 Å². The fraction of sp³-hybridized carbons (Fsp3) is 0.333. The van der Waals surface area contributed by atoms with E-state index < -0.39 is 10.0 Å². The van der Waals surface area contributed by atoms with Crippen molar-refractivity contribution in [1.29, 1.82) is 0 Å². The molecule has 0 unspecified atom stereocenters. The van der Waals surface area contributed by atoms with E-state index in [0.717, 1.165) is 0 Å². The Hall–Kier alpha value is -1.80. The smallest absolute Gasteiger partial charge is 0.273 e. The standard InChI is InChI=1S/C12H15FN4O2S/c1-3-6-17-11(15-16-12(17)20(14,18)19)9-5-4-8(2)10(13)7-9/h4-5,7H,3,6H2,1-2H3,(H2,14,18,19). The number of sulfonamides is 1. The van der Waals surface area contributed by atoms with Gasteiger partial charge < -0.3 is 0 Å². The van der Waals surface area contributed by atoms with Crippen LogP contribution in [0.4, 0.5) is 4.39 Å². The van der Waals surface area contributed by atoms with Crippen molar-refractivity contribution in [2.45, 2.75) is 32.0 Å². The zero-order valence-electron chi connectivity index (χ0n) is 11.2. The molecule has 0 bridgehead atoms. The highest BCUT2D eigenvalue weighted by molar-refractivity contribution is 7.89. The maximum absolute atomic E-state index is 13.6. The number of aromatic nitrogens is 3. The first-order valence-electron chi connectivity index (χ1n) is 6.07. The molecule has 0 radical (unpaired) electrons. The number of nitrogens with zero attached hydrogens (tertiary/aromatic N) is 3. The minimum Gasteiger partial charge on any atom is -0.297 e. The van der Waals surface area contributed by atoms with Gasteiger partial charge in [0.05, 0.1) is 0 Å². The fourth-order valence-electron chi connectivity index (χ4n) is 1.87. The van der Waals surface area contributed by atoms with Crippen LogP contribution in [0, 0.1) is 12.7 Å². The van der Waals surface area contributed by atoms with Gasteiger partial charge in [0.25, 0.3) is 15.2 Å². The van der Waals surface area contributed by atoms with Gasteiger partial charge in [0.15, 0.2) is 5.82 Å². The average Bonchev–Trinajstić information content (AvgIpc) is 2.77. The van der Waals surface area contributed by atoms with E-state index in [2.05, 4.69) is 10.2 Å². The molecule has 0 saturated carbocycles. The molecule has 2 N–H and O–H groups in total. The number of rotatable bonds is 4. The Morgan fingerprint density at radius 2 is 2.05 bits per heavy atom. The van der Waals surface area contributed by atoms with Crippen molar-refractivity contribution in [3.05, 3.63) is 29.6 Å². The molecule has 0 amide bonds. The second-order valence-electron chi connectivity index (χ2n) is 4.47. The second-order valence-corrected chi connectivity index (χ2v) is 5.92. The van der Waals surface area contributed by atoms with Gasteiger partial charge in [-0.15, -0.1) is 10.2 Å². The second kappa shape index (κ2) is 5.29. The molecule has 1 aromatic heterocycles. The van der Waals surface area contributed by atoms with Gasteiger partial charge in [-0.3, -0.25) is 4.57 Å². The molecule has 0 saturated heterocycles. The van der Waals surface area contributed by atoms with Crippen molar-refractivity contribution in [2.24, 2.45) is 5.14 Å². The summed E-state index contributed by atoms with van der Waals surface area (Å²) < 4.78 is 38.0. The van der Waals surface area contributed by atoms with Gasteiger partial charge in [-0.2, -0.15) is 0 Å². The number of halogens is 1. The Morgan fingerprint density at radius 3 is 2.60 bits per heavy atom. The first kappa shape index (κ1) is 14.6. The van der Waals surface area contributed by atoms with E-state index in [1.807, 2.05) is 6.92 Å². The summed E-state index contributed by atoms with van der Waals surface area (Å²) in [6.45, 7) is 3.90. The summed E-state index contributed by atoms with van der Waals surface area (Å²) in [6, 6.07) is 4.58. The quantitative estimate of drug-likeness (QED) is 0.925. The third kappa shape index (κ3) is 2.70. The zero-order chi connectivity index (χ0) is 14.9. The van der Waals surface area contributed by atoms with Crippen molar-refractivity contribution in [2.75, 3.05) is 0 Å². The summed E-state index contributed by atoms with van der Waals surface area (Å²) in [6.07, 6.45) is 0.669. The normalized spacial score (nSPS) is 11.8. The molecule has 2 rings (SSSR count). The van der Waals surface area contributed by atoms with Crippen LogP contribution in [0.15, 0.2) is 23.4 Å². The van der Waals surface area contributed by atoms with Crippen molar-refractivity contribution >= 4 is 10.0 Å². The summed E-state index contributed by atoms with van der Waals surface area (Å²) in [5, 5.41) is 12.2. The molecule has 0 atom stereocenters. The van der Waals surface area contributed by atoms with E-state index in [-0.39, 0.29) is 16.8 Å². The molecule has 108 valence electrons. The summed E-state index contributed by atoms with van der Waals surface area (Å²) in [7, 11) is -3.97. The minimum absolute atomic E-state index is 0.287.